The van der Waals surface area contributed by atoms with E-state index in [2.05, 4.69) is 16.0 Å². The number of benzene rings is 1. The molecule has 0 saturated heterocycles. The van der Waals surface area contributed by atoms with Crippen molar-refractivity contribution in [1.29, 1.82) is 5.26 Å². The fourth-order valence-corrected chi connectivity index (χ4v) is 2.14. The molecule has 0 bridgehead atoms. The van der Waals surface area contributed by atoms with Gasteiger partial charge in [0, 0.05) is 17.6 Å². The predicted molar refractivity (Wildman–Crippen MR) is 74.1 cm³/mol. The Morgan fingerprint density at radius 2 is 2.26 bits per heavy atom. The van der Waals surface area contributed by atoms with Crippen molar-refractivity contribution >= 4 is 11.8 Å². The maximum atomic E-state index is 8.78. The number of thioether (sulfide) groups is 1. The Morgan fingerprint density at radius 1 is 1.37 bits per heavy atom. The molecule has 0 fully saturated rings. The SMILES string of the molecule is Cc1ccnc(SCCOc2cccc(C#N)c2)n1. The lowest BCUT2D eigenvalue weighted by atomic mass is 10.2. The number of aryl methyl sites for hydroxylation is 1. The monoisotopic (exact) mass is 271 g/mol. The van der Waals surface area contributed by atoms with E-state index in [1.54, 1.807) is 30.1 Å². The van der Waals surface area contributed by atoms with Crippen molar-refractivity contribution in [3.8, 4) is 11.8 Å². The Bertz CT molecular complexity index is 595. The van der Waals surface area contributed by atoms with Crippen molar-refractivity contribution in [2.24, 2.45) is 0 Å². The Hall–Kier alpha value is -2.06. The lowest BCUT2D eigenvalue weighted by molar-refractivity contribution is 0.344. The van der Waals surface area contributed by atoms with E-state index in [0.717, 1.165) is 16.6 Å². The Morgan fingerprint density at radius 3 is 3.05 bits per heavy atom. The van der Waals surface area contributed by atoms with Crippen molar-refractivity contribution in [2.75, 3.05) is 12.4 Å². The van der Waals surface area contributed by atoms with Gasteiger partial charge in [0.25, 0.3) is 0 Å². The lowest BCUT2D eigenvalue weighted by Crippen LogP contribution is -2.01. The summed E-state index contributed by atoms with van der Waals surface area (Å²) in [6, 6.07) is 11.1. The van der Waals surface area contributed by atoms with E-state index in [-0.39, 0.29) is 0 Å². The van der Waals surface area contributed by atoms with Crippen molar-refractivity contribution in [2.45, 2.75) is 12.1 Å². The highest BCUT2D eigenvalue weighted by Crippen LogP contribution is 2.15. The molecule has 0 N–H and O–H groups in total. The van der Waals surface area contributed by atoms with Gasteiger partial charge in [-0.15, -0.1) is 0 Å². The highest BCUT2D eigenvalue weighted by molar-refractivity contribution is 7.99. The second kappa shape index (κ2) is 6.76. The van der Waals surface area contributed by atoms with Crippen LogP contribution in [0.25, 0.3) is 0 Å². The third-order valence-corrected chi connectivity index (χ3v) is 3.14. The third-order valence-electron chi connectivity index (χ3n) is 2.32. The molecule has 0 atom stereocenters. The second-order valence-corrected chi connectivity index (χ2v) is 4.88. The Labute approximate surface area is 116 Å². The van der Waals surface area contributed by atoms with Gasteiger partial charge < -0.3 is 4.74 Å². The molecule has 0 spiro atoms. The minimum absolute atomic E-state index is 0.552. The topological polar surface area (TPSA) is 58.8 Å². The van der Waals surface area contributed by atoms with Gasteiger partial charge in [-0.05, 0) is 31.2 Å². The molecule has 2 rings (SSSR count). The average molecular weight is 271 g/mol. The van der Waals surface area contributed by atoms with E-state index in [0.29, 0.717) is 17.9 Å². The van der Waals surface area contributed by atoms with Gasteiger partial charge in [-0.25, -0.2) is 9.97 Å². The van der Waals surface area contributed by atoms with E-state index in [4.69, 9.17) is 10.00 Å². The van der Waals surface area contributed by atoms with Gasteiger partial charge in [0.2, 0.25) is 0 Å². The van der Waals surface area contributed by atoms with Crippen LogP contribution >= 0.6 is 11.8 Å². The molecule has 4 nitrogen and oxygen atoms in total. The molecule has 0 aliphatic rings. The first kappa shape index (κ1) is 13.4. The number of aromatic nitrogens is 2. The smallest absolute Gasteiger partial charge is 0.187 e. The summed E-state index contributed by atoms with van der Waals surface area (Å²) in [6.07, 6.45) is 1.75. The number of nitrogens with zero attached hydrogens (tertiary/aromatic N) is 3. The molecule has 96 valence electrons. The van der Waals surface area contributed by atoms with Crippen LogP contribution in [0, 0.1) is 18.3 Å². The van der Waals surface area contributed by atoms with Crippen molar-refractivity contribution < 1.29 is 4.74 Å². The van der Waals surface area contributed by atoms with E-state index >= 15 is 0 Å². The lowest BCUT2D eigenvalue weighted by Gasteiger charge is -2.05. The summed E-state index contributed by atoms with van der Waals surface area (Å²) in [5.74, 6) is 1.48. The molecule has 19 heavy (non-hydrogen) atoms. The molecule has 1 aromatic carbocycles. The van der Waals surface area contributed by atoms with Crippen molar-refractivity contribution in [1.82, 2.24) is 9.97 Å². The highest BCUT2D eigenvalue weighted by atomic mass is 32.2. The van der Waals surface area contributed by atoms with Gasteiger partial charge in [0.05, 0.1) is 18.2 Å². The first-order valence-electron chi connectivity index (χ1n) is 5.83. The van der Waals surface area contributed by atoms with Crippen LogP contribution in [0.2, 0.25) is 0 Å². The van der Waals surface area contributed by atoms with Crippen LogP contribution in [0.5, 0.6) is 5.75 Å². The molecule has 2 aromatic rings. The van der Waals surface area contributed by atoms with Gasteiger partial charge >= 0.3 is 0 Å². The molecule has 0 aliphatic carbocycles. The largest absolute Gasteiger partial charge is 0.493 e. The number of hydrogen-bond donors (Lipinski definition) is 0. The van der Waals surface area contributed by atoms with Crippen LogP contribution < -0.4 is 4.74 Å². The summed E-state index contributed by atoms with van der Waals surface area (Å²) < 4.78 is 5.57. The molecular weight excluding hydrogens is 258 g/mol. The van der Waals surface area contributed by atoms with Crippen molar-refractivity contribution in [3.63, 3.8) is 0 Å². The van der Waals surface area contributed by atoms with Crippen LogP contribution in [0.4, 0.5) is 0 Å². The zero-order chi connectivity index (χ0) is 13.5. The summed E-state index contributed by atoms with van der Waals surface area (Å²) in [5, 5.41) is 9.54. The van der Waals surface area contributed by atoms with Crippen LogP contribution in [0.1, 0.15) is 11.3 Å². The van der Waals surface area contributed by atoms with Crippen LogP contribution in [-0.4, -0.2) is 22.3 Å². The summed E-state index contributed by atoms with van der Waals surface area (Å²) >= 11 is 1.55. The molecule has 0 aliphatic heterocycles. The van der Waals surface area contributed by atoms with Gasteiger partial charge in [0.15, 0.2) is 5.16 Å². The minimum Gasteiger partial charge on any atom is -0.493 e. The summed E-state index contributed by atoms with van der Waals surface area (Å²) in [5.41, 5.74) is 1.56. The standard InChI is InChI=1S/C14H13N3OS/c1-11-5-6-16-14(17-11)19-8-7-18-13-4-2-3-12(9-13)10-15/h2-6,9H,7-8H2,1H3. The molecule has 5 heteroatoms. The van der Waals surface area contributed by atoms with E-state index in [1.807, 2.05) is 25.1 Å². The van der Waals surface area contributed by atoms with Crippen LogP contribution in [0.15, 0.2) is 41.7 Å². The molecule has 0 saturated carbocycles. The first-order chi connectivity index (χ1) is 9.28. The fourth-order valence-electron chi connectivity index (χ4n) is 1.44. The third kappa shape index (κ3) is 4.27. The van der Waals surface area contributed by atoms with Gasteiger partial charge in [-0.1, -0.05) is 17.8 Å². The maximum Gasteiger partial charge on any atom is 0.187 e. The molecular formula is C14H13N3OS. The molecule has 0 unspecified atom stereocenters. The zero-order valence-corrected chi connectivity index (χ0v) is 11.4. The summed E-state index contributed by atoms with van der Waals surface area (Å²) in [6.45, 7) is 2.49. The minimum atomic E-state index is 0.552. The predicted octanol–water partition coefficient (Wildman–Crippen LogP) is 2.83. The van der Waals surface area contributed by atoms with E-state index < -0.39 is 0 Å². The number of ether oxygens (including phenoxy) is 1. The average Bonchev–Trinajstić information content (AvgIpc) is 2.44. The molecule has 0 amide bonds. The number of rotatable bonds is 5. The van der Waals surface area contributed by atoms with Crippen LogP contribution in [-0.2, 0) is 0 Å². The highest BCUT2D eigenvalue weighted by Gasteiger charge is 1.99. The van der Waals surface area contributed by atoms with Crippen LogP contribution in [0.3, 0.4) is 0 Å². The Kier molecular flexibility index (Phi) is 4.76. The quantitative estimate of drug-likeness (QED) is 0.475. The van der Waals surface area contributed by atoms with Gasteiger partial charge in [-0.2, -0.15) is 5.26 Å². The molecule has 1 aromatic heterocycles. The van der Waals surface area contributed by atoms with Crippen molar-refractivity contribution in [3.05, 3.63) is 47.8 Å². The van der Waals surface area contributed by atoms with Gasteiger partial charge in [0.1, 0.15) is 5.75 Å². The normalized spacial score (nSPS) is 9.89. The summed E-state index contributed by atoms with van der Waals surface area (Å²) in [7, 11) is 0. The van der Waals surface area contributed by atoms with Gasteiger partial charge in [-0.3, -0.25) is 0 Å². The summed E-state index contributed by atoms with van der Waals surface area (Å²) in [4.78, 5) is 8.46. The number of hydrogen-bond acceptors (Lipinski definition) is 5. The van der Waals surface area contributed by atoms with E-state index in [9.17, 15) is 0 Å². The Balaban J connectivity index is 1.79. The maximum absolute atomic E-state index is 8.78. The zero-order valence-electron chi connectivity index (χ0n) is 10.5. The fraction of sp³-hybridized carbons (Fsp3) is 0.214. The molecule has 0 radical (unpaired) electrons. The second-order valence-electron chi connectivity index (χ2n) is 3.82. The first-order valence-corrected chi connectivity index (χ1v) is 6.82. The van der Waals surface area contributed by atoms with E-state index in [1.165, 1.54) is 0 Å². The molecule has 1 heterocycles. The number of nitriles is 1.